The summed E-state index contributed by atoms with van der Waals surface area (Å²) in [5, 5.41) is 214. The van der Waals surface area contributed by atoms with Gasteiger partial charge in [-0.05, 0) is 13.8 Å². The highest BCUT2D eigenvalue weighted by Crippen LogP contribution is 2.37. The van der Waals surface area contributed by atoms with E-state index in [9.17, 15) is 111 Å². The van der Waals surface area contributed by atoms with Crippen molar-refractivity contribution in [3.05, 3.63) is 0 Å². The van der Waals surface area contributed by atoms with Crippen LogP contribution in [0.1, 0.15) is 34.6 Å². The first kappa shape index (κ1) is 71.2. The van der Waals surface area contributed by atoms with Crippen LogP contribution in [0.2, 0.25) is 0 Å². The van der Waals surface area contributed by atoms with Crippen LogP contribution in [0, 0.1) is 0 Å². The molecule has 6 aliphatic heterocycles. The minimum atomic E-state index is -2.38. The van der Waals surface area contributed by atoms with Crippen LogP contribution in [0.4, 0.5) is 0 Å². The third-order valence-electron chi connectivity index (χ3n) is 15.3. The van der Waals surface area contributed by atoms with Gasteiger partial charge in [-0.3, -0.25) is 14.4 Å². The third kappa shape index (κ3) is 16.4. The van der Waals surface area contributed by atoms with Crippen LogP contribution in [0.3, 0.4) is 0 Å². The van der Waals surface area contributed by atoms with E-state index in [1.54, 1.807) is 0 Å². The predicted octanol–water partition coefficient (Wildman–Crippen LogP) is -14.2. The molecule has 6 saturated heterocycles. The predicted molar refractivity (Wildman–Crippen MR) is 266 cm³/mol. The summed E-state index contributed by atoms with van der Waals surface area (Å²) < 4.78 is 70.6. The van der Waals surface area contributed by atoms with Crippen LogP contribution in [0.15, 0.2) is 0 Å². The fraction of sp³-hybridized carbons (Fsp3) is 0.938. The molecule has 0 spiro atoms. The summed E-state index contributed by atoms with van der Waals surface area (Å²) in [6, 6.07) is -5.28. The van der Waals surface area contributed by atoms with Crippen molar-refractivity contribution in [2.45, 2.75) is 243 Å². The first-order valence-corrected chi connectivity index (χ1v) is 27.2. The lowest BCUT2D eigenvalue weighted by Crippen LogP contribution is -2.70. The van der Waals surface area contributed by atoms with E-state index in [1.165, 1.54) is 13.8 Å². The van der Waals surface area contributed by atoms with Crippen molar-refractivity contribution < 1.29 is 168 Å². The fourth-order valence-electron chi connectivity index (χ4n) is 10.6. The van der Waals surface area contributed by atoms with E-state index in [4.69, 9.17) is 56.8 Å². The molecule has 37 heteroatoms. The molecule has 22 N–H and O–H groups in total. The normalized spacial score (nSPS) is 45.9. The number of ether oxygens (including phenoxy) is 12. The van der Waals surface area contributed by atoms with Gasteiger partial charge < -0.3 is 170 Å². The van der Waals surface area contributed by atoms with E-state index >= 15 is 0 Å². The zero-order chi connectivity index (χ0) is 63.2. The fourth-order valence-corrected chi connectivity index (χ4v) is 10.6. The Balaban J connectivity index is 1.33. The van der Waals surface area contributed by atoms with Crippen molar-refractivity contribution in [1.82, 2.24) is 16.0 Å². The highest BCUT2D eigenvalue weighted by Gasteiger charge is 2.58. The van der Waals surface area contributed by atoms with Crippen LogP contribution < -0.4 is 16.0 Å². The lowest BCUT2D eigenvalue weighted by Gasteiger charge is -2.51. The number of nitrogens with one attached hydrogen (secondary N) is 3. The van der Waals surface area contributed by atoms with Gasteiger partial charge in [-0.15, -0.1) is 0 Å². The second kappa shape index (κ2) is 31.3. The zero-order valence-electron chi connectivity index (χ0n) is 46.5. The number of carbonyl (C=O) groups excluding carboxylic acids is 3. The van der Waals surface area contributed by atoms with E-state index in [1.807, 2.05) is 0 Å². The Morgan fingerprint density at radius 2 is 0.847 bits per heavy atom. The van der Waals surface area contributed by atoms with E-state index in [0.717, 1.165) is 20.8 Å². The zero-order valence-corrected chi connectivity index (χ0v) is 46.5. The van der Waals surface area contributed by atoms with Crippen LogP contribution in [-0.2, 0) is 71.2 Å². The average Bonchev–Trinajstić information content (AvgIpc) is 3.65. The number of hydrogen-bond acceptors (Lipinski definition) is 34. The first-order valence-electron chi connectivity index (χ1n) is 27.2. The molecule has 0 aliphatic carbocycles. The number of hydrogen-bond donors (Lipinski definition) is 22. The Morgan fingerprint density at radius 3 is 1.34 bits per heavy atom. The Hall–Kier alpha value is -2.83. The lowest BCUT2D eigenvalue weighted by molar-refractivity contribution is -0.397. The van der Waals surface area contributed by atoms with Gasteiger partial charge in [0.1, 0.15) is 152 Å². The number of rotatable bonds is 24. The molecule has 6 aliphatic rings. The molecule has 0 saturated carbocycles. The Labute approximate surface area is 483 Å². The standard InChI is InChI=1S/C48H83N3O34/c1-12-25(61)33(69)36(72)45(75-12)84-41-35(71)29(65)20(8-54)79-47(41)81-38(17(6-52)49-14(3)57)27(63)18(60)11-74-43-24(51-16(5)59)39(30(66)21(9-55)77-43)82-48-42(85-46-37(73)34(70)26(62)13(2)76-46)40(31(67)22(10-56)80-48)83-44-23(50-15(4)58)32(68)28(64)19(7-53)78-44/h12-13,17-48,52-56,60-73H,6-11H2,1-5H3,(H,49,57)(H,50,58)(H,51,59)/t12-,13-,17-,18+,19+,20+,21+,22+,23+,24+,25+,26+,27-,28-,29-,30+,31-,32+,33+,34+,35-,36-,37-,38+,39+,40-,41+,42+,43+,44+,45-,46-,47-,48-/m0/s1. The number of aliphatic hydroxyl groups is 19. The van der Waals surface area contributed by atoms with Gasteiger partial charge in [-0.25, -0.2) is 0 Å². The Kier molecular flexibility index (Phi) is 26.2. The first-order chi connectivity index (χ1) is 40.0. The maximum atomic E-state index is 13.0. The number of carbonyl (C=O) groups is 3. The van der Waals surface area contributed by atoms with E-state index < -0.39 is 266 Å². The molecule has 3 amide bonds. The van der Waals surface area contributed by atoms with Gasteiger partial charge in [-0.2, -0.15) is 0 Å². The molecule has 0 aromatic carbocycles. The Bertz CT molecular complexity index is 2100. The van der Waals surface area contributed by atoms with Crippen molar-refractivity contribution in [2.75, 3.05) is 39.6 Å². The highest BCUT2D eigenvalue weighted by atomic mass is 16.8. The molecule has 0 aromatic rings. The molecule has 0 radical (unpaired) electrons. The van der Waals surface area contributed by atoms with E-state index in [0.29, 0.717) is 0 Å². The van der Waals surface area contributed by atoms with Gasteiger partial charge in [0.2, 0.25) is 17.7 Å². The summed E-state index contributed by atoms with van der Waals surface area (Å²) in [4.78, 5) is 37.9. The summed E-state index contributed by atoms with van der Waals surface area (Å²) in [7, 11) is 0. The van der Waals surface area contributed by atoms with Crippen molar-refractivity contribution in [3.63, 3.8) is 0 Å². The van der Waals surface area contributed by atoms with Crippen molar-refractivity contribution in [1.29, 1.82) is 0 Å². The second-order valence-electron chi connectivity index (χ2n) is 21.5. The molecule has 6 rings (SSSR count). The van der Waals surface area contributed by atoms with Gasteiger partial charge in [0.15, 0.2) is 37.7 Å². The van der Waals surface area contributed by atoms with Crippen molar-refractivity contribution in [2.24, 2.45) is 0 Å². The monoisotopic (exact) mass is 1250 g/mol. The smallest absolute Gasteiger partial charge is 0.217 e. The summed E-state index contributed by atoms with van der Waals surface area (Å²) in [6.07, 6.45) is -59.9. The van der Waals surface area contributed by atoms with E-state index in [2.05, 4.69) is 16.0 Å². The molecule has 0 aromatic heterocycles. The van der Waals surface area contributed by atoms with Crippen LogP contribution in [0.5, 0.6) is 0 Å². The summed E-state index contributed by atoms with van der Waals surface area (Å²) in [6.45, 7) is -0.790. The van der Waals surface area contributed by atoms with Crippen molar-refractivity contribution in [3.8, 4) is 0 Å². The number of amides is 3. The van der Waals surface area contributed by atoms with Gasteiger partial charge in [0.05, 0.1) is 57.9 Å². The quantitative estimate of drug-likeness (QED) is 0.0427. The van der Waals surface area contributed by atoms with Crippen LogP contribution in [0.25, 0.3) is 0 Å². The molecule has 494 valence electrons. The molecule has 0 unspecified atom stereocenters. The van der Waals surface area contributed by atoms with Crippen molar-refractivity contribution >= 4 is 17.7 Å². The maximum absolute atomic E-state index is 13.0. The van der Waals surface area contributed by atoms with Crippen LogP contribution >= 0.6 is 0 Å². The Morgan fingerprint density at radius 1 is 0.424 bits per heavy atom. The molecule has 34 atom stereocenters. The third-order valence-corrected chi connectivity index (χ3v) is 15.3. The molecular weight excluding hydrogens is 1160 g/mol. The van der Waals surface area contributed by atoms with Gasteiger partial charge in [-0.1, -0.05) is 0 Å². The molecule has 6 heterocycles. The van der Waals surface area contributed by atoms with Gasteiger partial charge in [0, 0.05) is 20.8 Å². The summed E-state index contributed by atoms with van der Waals surface area (Å²) >= 11 is 0. The number of aliphatic hydroxyl groups excluding tert-OH is 19. The SMILES string of the molecule is CC(=O)N[C@H]1[C@@H](O[C@H]2[C@@H](O)[C@@H](CO)O[C@@H](O[C@H]3[C@H](O)[C@@H](CO)O[C@@H](OC[C@@H](O)[C@H](O)[C@H](O[C@@H]4O[C@H](CO)[C@H](O)[C@H](O)[C@H]4O[C@@H]4O[C@@H](C)[C@@H](O)[C@@H](O)[C@@H]4O)[C@H](CO)NC(C)=O)[C@@H]3NC(C)=O)[C@@H]2O[C@@H]2O[C@@H](C)[C@@H](O)[C@@H](O)[C@@H]2O)O[C@H](CO)[C@H](O)[C@@H]1O. The molecule has 0 bridgehead atoms. The van der Waals surface area contributed by atoms with Gasteiger partial charge in [0.25, 0.3) is 0 Å². The average molecular weight is 1250 g/mol. The summed E-state index contributed by atoms with van der Waals surface area (Å²) in [5.74, 6) is -2.58. The minimum Gasteiger partial charge on any atom is -0.394 e. The van der Waals surface area contributed by atoms with E-state index in [-0.39, 0.29) is 0 Å². The second-order valence-corrected chi connectivity index (χ2v) is 21.5. The molecule has 37 nitrogen and oxygen atoms in total. The van der Waals surface area contributed by atoms with Gasteiger partial charge >= 0.3 is 0 Å². The maximum Gasteiger partial charge on any atom is 0.217 e. The lowest BCUT2D eigenvalue weighted by atomic mass is 9.94. The molecular formula is C48H83N3O34. The molecule has 6 fully saturated rings. The molecule has 85 heavy (non-hydrogen) atoms. The van der Waals surface area contributed by atoms with Crippen LogP contribution in [-0.4, -0.2) is 363 Å². The summed E-state index contributed by atoms with van der Waals surface area (Å²) in [5.41, 5.74) is 0. The minimum absolute atomic E-state index is 0.811. The highest BCUT2D eigenvalue weighted by molar-refractivity contribution is 5.74. The topological polar surface area (TPSA) is 582 Å². The largest absolute Gasteiger partial charge is 0.394 e.